The van der Waals surface area contributed by atoms with Crippen LogP contribution in [0.4, 0.5) is 5.82 Å². The summed E-state index contributed by atoms with van der Waals surface area (Å²) < 4.78 is 0. The van der Waals surface area contributed by atoms with Crippen LogP contribution in [0.1, 0.15) is 23.3 Å². The number of carbonyl (C=O) groups excluding carboxylic acids is 1. The topological polar surface area (TPSA) is 83.3 Å². The lowest BCUT2D eigenvalue weighted by Crippen LogP contribution is -2.43. The number of halogens is 1. The molecular formula is C12H18ClN5O. The lowest BCUT2D eigenvalue weighted by atomic mass is 10.1. The van der Waals surface area contributed by atoms with Crippen LogP contribution in [0.15, 0.2) is 12.1 Å². The van der Waals surface area contributed by atoms with Crippen molar-refractivity contribution < 1.29 is 4.79 Å². The lowest BCUT2D eigenvalue weighted by Gasteiger charge is -2.29. The first kappa shape index (κ1) is 14.0. The van der Waals surface area contributed by atoms with Gasteiger partial charge in [0.15, 0.2) is 0 Å². The zero-order valence-electron chi connectivity index (χ0n) is 10.8. The molecule has 7 heteroatoms. The Morgan fingerprint density at radius 2 is 2.16 bits per heavy atom. The normalized spacial score (nSPS) is 17.2. The summed E-state index contributed by atoms with van der Waals surface area (Å²) in [4.78, 5) is 18.5. The molecule has 1 amide bonds. The maximum Gasteiger partial charge on any atom is 0.271 e. The predicted molar refractivity (Wildman–Crippen MR) is 75.0 cm³/mol. The number of nitrogens with two attached hydrogens (primary N) is 1. The molecule has 0 bridgehead atoms. The Morgan fingerprint density at radius 3 is 2.79 bits per heavy atom. The second kappa shape index (κ2) is 6.18. The van der Waals surface area contributed by atoms with Gasteiger partial charge in [0.05, 0.1) is 5.02 Å². The first-order valence-corrected chi connectivity index (χ1v) is 6.60. The van der Waals surface area contributed by atoms with E-state index in [0.29, 0.717) is 10.8 Å². The third kappa shape index (κ3) is 3.56. The molecule has 1 fully saturated rings. The van der Waals surface area contributed by atoms with Crippen LogP contribution in [0.3, 0.4) is 0 Å². The summed E-state index contributed by atoms with van der Waals surface area (Å²) in [7, 11) is 2.08. The van der Waals surface area contributed by atoms with Crippen molar-refractivity contribution in [3.63, 3.8) is 0 Å². The zero-order chi connectivity index (χ0) is 13.8. The molecule has 0 saturated carbocycles. The summed E-state index contributed by atoms with van der Waals surface area (Å²) in [6, 6.07) is 3.40. The summed E-state index contributed by atoms with van der Waals surface area (Å²) in [6.45, 7) is 1.97. The number of nitrogens with zero attached hydrogens (tertiary/aromatic N) is 2. The molecule has 1 aromatic rings. The minimum absolute atomic E-state index is 0.177. The molecule has 104 valence electrons. The van der Waals surface area contributed by atoms with Gasteiger partial charge in [-0.1, -0.05) is 11.6 Å². The minimum atomic E-state index is -0.253. The maximum atomic E-state index is 12.1. The van der Waals surface area contributed by atoms with E-state index in [2.05, 4.69) is 27.7 Å². The highest BCUT2D eigenvalue weighted by Crippen LogP contribution is 2.17. The Kier molecular flexibility index (Phi) is 4.57. The van der Waals surface area contributed by atoms with Gasteiger partial charge in [0, 0.05) is 6.04 Å². The summed E-state index contributed by atoms with van der Waals surface area (Å²) in [5.74, 6) is 5.44. The third-order valence-electron chi connectivity index (χ3n) is 3.26. The molecule has 1 aliphatic rings. The van der Waals surface area contributed by atoms with Crippen molar-refractivity contribution in [3.8, 4) is 0 Å². The number of likely N-dealkylation sites (tertiary alicyclic amines) is 1. The average molecular weight is 284 g/mol. The number of piperidine rings is 1. The van der Waals surface area contributed by atoms with E-state index in [4.69, 9.17) is 17.4 Å². The van der Waals surface area contributed by atoms with Crippen LogP contribution >= 0.6 is 11.6 Å². The Labute approximate surface area is 117 Å². The Hall–Kier alpha value is -1.37. The van der Waals surface area contributed by atoms with Crippen molar-refractivity contribution in [2.75, 3.05) is 25.6 Å². The van der Waals surface area contributed by atoms with E-state index in [1.54, 1.807) is 12.1 Å². The van der Waals surface area contributed by atoms with Gasteiger partial charge < -0.3 is 15.6 Å². The number of amides is 1. The number of hydrogen-bond donors (Lipinski definition) is 3. The van der Waals surface area contributed by atoms with E-state index in [-0.39, 0.29) is 17.6 Å². The van der Waals surface area contributed by atoms with Crippen molar-refractivity contribution >= 4 is 23.3 Å². The molecule has 0 aromatic carbocycles. The van der Waals surface area contributed by atoms with Crippen molar-refractivity contribution in [3.05, 3.63) is 22.8 Å². The number of rotatable bonds is 3. The fourth-order valence-corrected chi connectivity index (χ4v) is 2.28. The smallest absolute Gasteiger partial charge is 0.271 e. The van der Waals surface area contributed by atoms with Crippen LogP contribution in [-0.2, 0) is 0 Å². The fourth-order valence-electron chi connectivity index (χ4n) is 2.09. The molecule has 2 rings (SSSR count). The van der Waals surface area contributed by atoms with Crippen LogP contribution in [0.5, 0.6) is 0 Å². The molecular weight excluding hydrogens is 266 g/mol. The first-order chi connectivity index (χ1) is 9.10. The van der Waals surface area contributed by atoms with Gasteiger partial charge in [-0.05, 0) is 45.1 Å². The Morgan fingerprint density at radius 1 is 1.47 bits per heavy atom. The molecule has 1 aromatic heterocycles. The maximum absolute atomic E-state index is 12.1. The SMILES string of the molecule is CN1CCC(NC(=O)c2nc(NN)ccc2Cl)CC1. The van der Waals surface area contributed by atoms with Crippen molar-refractivity contribution in [2.45, 2.75) is 18.9 Å². The Balaban J connectivity index is 2.03. The molecule has 2 heterocycles. The van der Waals surface area contributed by atoms with Crippen molar-refractivity contribution in [1.29, 1.82) is 0 Å². The number of pyridine rings is 1. The molecule has 1 aliphatic heterocycles. The first-order valence-electron chi connectivity index (χ1n) is 6.22. The number of carbonyl (C=O) groups is 1. The molecule has 4 N–H and O–H groups in total. The van der Waals surface area contributed by atoms with E-state index in [9.17, 15) is 4.79 Å². The van der Waals surface area contributed by atoms with Gasteiger partial charge in [-0.3, -0.25) is 4.79 Å². The van der Waals surface area contributed by atoms with E-state index in [1.165, 1.54) is 0 Å². The van der Waals surface area contributed by atoms with Crippen LogP contribution in [0, 0.1) is 0 Å². The van der Waals surface area contributed by atoms with Gasteiger partial charge in [-0.2, -0.15) is 0 Å². The largest absolute Gasteiger partial charge is 0.348 e. The van der Waals surface area contributed by atoms with Gasteiger partial charge in [0.2, 0.25) is 0 Å². The lowest BCUT2D eigenvalue weighted by molar-refractivity contribution is 0.0912. The van der Waals surface area contributed by atoms with E-state index in [0.717, 1.165) is 25.9 Å². The van der Waals surface area contributed by atoms with Crippen molar-refractivity contribution in [2.24, 2.45) is 5.84 Å². The van der Waals surface area contributed by atoms with Gasteiger partial charge in [0.25, 0.3) is 5.91 Å². The highest BCUT2D eigenvalue weighted by molar-refractivity contribution is 6.33. The number of anilines is 1. The number of hydrazine groups is 1. The molecule has 0 radical (unpaired) electrons. The number of nitrogen functional groups attached to an aromatic ring is 1. The highest BCUT2D eigenvalue weighted by atomic mass is 35.5. The second-order valence-electron chi connectivity index (χ2n) is 4.72. The van der Waals surface area contributed by atoms with E-state index < -0.39 is 0 Å². The summed E-state index contributed by atoms with van der Waals surface area (Å²) in [6.07, 6.45) is 1.88. The van der Waals surface area contributed by atoms with Gasteiger partial charge in [-0.25, -0.2) is 10.8 Å². The van der Waals surface area contributed by atoms with Crippen LogP contribution in [-0.4, -0.2) is 42.0 Å². The van der Waals surface area contributed by atoms with Crippen LogP contribution in [0.25, 0.3) is 0 Å². The fraction of sp³-hybridized carbons (Fsp3) is 0.500. The average Bonchev–Trinajstić information content (AvgIpc) is 2.42. The second-order valence-corrected chi connectivity index (χ2v) is 5.13. The van der Waals surface area contributed by atoms with E-state index >= 15 is 0 Å². The zero-order valence-corrected chi connectivity index (χ0v) is 11.6. The van der Waals surface area contributed by atoms with Gasteiger partial charge in [0.1, 0.15) is 11.5 Å². The molecule has 0 atom stereocenters. The molecule has 0 unspecified atom stereocenters. The summed E-state index contributed by atoms with van der Waals surface area (Å²) in [5.41, 5.74) is 2.61. The number of hydrogen-bond acceptors (Lipinski definition) is 5. The van der Waals surface area contributed by atoms with Crippen LogP contribution in [0.2, 0.25) is 5.02 Å². The quantitative estimate of drug-likeness (QED) is 0.566. The number of aromatic nitrogens is 1. The molecule has 6 nitrogen and oxygen atoms in total. The molecule has 1 saturated heterocycles. The molecule has 0 aliphatic carbocycles. The standard InChI is InChI=1S/C12H18ClN5O/c1-18-6-4-8(5-7-18)15-12(19)11-9(13)2-3-10(16-11)17-14/h2-3,8H,4-7,14H2,1H3,(H,15,19)(H,16,17). The minimum Gasteiger partial charge on any atom is -0.348 e. The van der Waals surface area contributed by atoms with E-state index in [1.807, 2.05) is 0 Å². The van der Waals surface area contributed by atoms with Crippen LogP contribution < -0.4 is 16.6 Å². The summed E-state index contributed by atoms with van der Waals surface area (Å²) in [5, 5.41) is 3.29. The van der Waals surface area contributed by atoms with Gasteiger partial charge >= 0.3 is 0 Å². The number of nitrogens with one attached hydrogen (secondary N) is 2. The van der Waals surface area contributed by atoms with Gasteiger partial charge in [-0.15, -0.1) is 0 Å². The monoisotopic (exact) mass is 283 g/mol. The Bertz CT molecular complexity index is 459. The molecule has 19 heavy (non-hydrogen) atoms. The van der Waals surface area contributed by atoms with Crippen molar-refractivity contribution in [1.82, 2.24) is 15.2 Å². The highest BCUT2D eigenvalue weighted by Gasteiger charge is 2.21. The molecule has 0 spiro atoms. The predicted octanol–water partition coefficient (Wildman–Crippen LogP) is 0.845. The summed E-state index contributed by atoms with van der Waals surface area (Å²) >= 11 is 5.99. The third-order valence-corrected chi connectivity index (χ3v) is 3.57.